The highest BCUT2D eigenvalue weighted by Crippen LogP contribution is 2.40. The first-order valence-corrected chi connectivity index (χ1v) is 6.41. The second-order valence-corrected chi connectivity index (χ2v) is 6.17. The van der Waals surface area contributed by atoms with Crippen LogP contribution in [-0.2, 0) is 4.74 Å². The number of hydrogen-bond donors (Lipinski definition) is 0. The molecule has 0 bridgehead atoms. The highest BCUT2D eigenvalue weighted by Gasteiger charge is 2.44. The van der Waals surface area contributed by atoms with E-state index in [1.807, 2.05) is 0 Å². The average molecular weight is 211 g/mol. The number of likely N-dealkylation sites (tertiary alicyclic amines) is 1. The Balaban J connectivity index is 1.90. The van der Waals surface area contributed by atoms with Crippen LogP contribution < -0.4 is 0 Å². The molecule has 15 heavy (non-hydrogen) atoms. The number of hydrogen-bond acceptors (Lipinski definition) is 2. The third kappa shape index (κ3) is 2.54. The summed E-state index contributed by atoms with van der Waals surface area (Å²) in [4.78, 5) is 2.68. The third-order valence-corrected chi connectivity index (χ3v) is 3.84. The molecule has 0 unspecified atom stereocenters. The first-order valence-electron chi connectivity index (χ1n) is 6.41. The van der Waals surface area contributed by atoms with Gasteiger partial charge < -0.3 is 4.74 Å². The quantitative estimate of drug-likeness (QED) is 0.712. The van der Waals surface area contributed by atoms with Crippen LogP contribution >= 0.6 is 0 Å². The van der Waals surface area contributed by atoms with Crippen molar-refractivity contribution in [3.63, 3.8) is 0 Å². The zero-order valence-corrected chi connectivity index (χ0v) is 10.5. The molecule has 0 aromatic carbocycles. The monoisotopic (exact) mass is 211 g/mol. The Kier molecular flexibility index (Phi) is 3.09. The summed E-state index contributed by atoms with van der Waals surface area (Å²) in [7, 11) is 0. The van der Waals surface area contributed by atoms with Crippen LogP contribution in [0, 0.1) is 0 Å². The van der Waals surface area contributed by atoms with E-state index in [1.165, 1.54) is 45.2 Å². The Labute approximate surface area is 94.0 Å². The van der Waals surface area contributed by atoms with Crippen molar-refractivity contribution < 1.29 is 4.74 Å². The average Bonchev–Trinajstić information content (AvgIpc) is 2.53. The maximum atomic E-state index is 6.01. The molecule has 1 heterocycles. The Bertz CT molecular complexity index is 209. The molecule has 0 amide bonds. The molecule has 2 nitrogen and oxygen atoms in total. The zero-order valence-electron chi connectivity index (χ0n) is 10.5. The molecule has 2 rings (SSSR count). The maximum Gasteiger partial charge on any atom is 0.0657 e. The molecule has 1 saturated carbocycles. The summed E-state index contributed by atoms with van der Waals surface area (Å²) in [6, 6.07) is 0. The van der Waals surface area contributed by atoms with Gasteiger partial charge in [0.05, 0.1) is 12.2 Å². The molecule has 0 aromatic rings. The molecule has 0 radical (unpaired) electrons. The molecule has 2 heteroatoms. The van der Waals surface area contributed by atoms with Crippen LogP contribution in [0.4, 0.5) is 0 Å². The first kappa shape index (κ1) is 11.4. The van der Waals surface area contributed by atoms with Gasteiger partial charge in [-0.1, -0.05) is 0 Å². The van der Waals surface area contributed by atoms with Crippen molar-refractivity contribution in [1.29, 1.82) is 0 Å². The van der Waals surface area contributed by atoms with Gasteiger partial charge in [0.1, 0.15) is 0 Å². The Hall–Kier alpha value is -0.0800. The van der Waals surface area contributed by atoms with E-state index in [9.17, 15) is 0 Å². The lowest BCUT2D eigenvalue weighted by Crippen LogP contribution is -2.56. The van der Waals surface area contributed by atoms with Gasteiger partial charge in [-0.2, -0.15) is 0 Å². The SMILES string of the molecule is CC(C)(C)OCC1(N2CCCC2)CCC1. The van der Waals surface area contributed by atoms with Crippen LogP contribution in [0.15, 0.2) is 0 Å². The summed E-state index contributed by atoms with van der Waals surface area (Å²) in [5.41, 5.74) is 0.437. The molecular formula is C13H25NO. The van der Waals surface area contributed by atoms with Gasteiger partial charge in [-0.05, 0) is 66.0 Å². The van der Waals surface area contributed by atoms with Crippen LogP contribution in [0.3, 0.4) is 0 Å². The minimum Gasteiger partial charge on any atom is -0.374 e. The summed E-state index contributed by atoms with van der Waals surface area (Å²) < 4.78 is 6.01. The van der Waals surface area contributed by atoms with Gasteiger partial charge in [-0.3, -0.25) is 4.90 Å². The lowest BCUT2D eigenvalue weighted by Gasteiger charge is -2.49. The van der Waals surface area contributed by atoms with E-state index in [0.29, 0.717) is 5.54 Å². The first-order chi connectivity index (χ1) is 7.02. The summed E-state index contributed by atoms with van der Waals surface area (Å²) in [5, 5.41) is 0. The van der Waals surface area contributed by atoms with Crippen molar-refractivity contribution in [3.05, 3.63) is 0 Å². The van der Waals surface area contributed by atoms with Crippen LogP contribution in [-0.4, -0.2) is 35.7 Å². The predicted molar refractivity (Wildman–Crippen MR) is 63.1 cm³/mol. The second-order valence-electron chi connectivity index (χ2n) is 6.17. The normalized spacial score (nSPS) is 26.6. The molecule has 88 valence electrons. The van der Waals surface area contributed by atoms with Gasteiger partial charge in [0.25, 0.3) is 0 Å². The van der Waals surface area contributed by atoms with Crippen molar-refractivity contribution in [1.82, 2.24) is 4.90 Å². The predicted octanol–water partition coefficient (Wildman–Crippen LogP) is 2.82. The van der Waals surface area contributed by atoms with E-state index in [2.05, 4.69) is 25.7 Å². The summed E-state index contributed by atoms with van der Waals surface area (Å²) >= 11 is 0. The van der Waals surface area contributed by atoms with Crippen molar-refractivity contribution in [3.8, 4) is 0 Å². The van der Waals surface area contributed by atoms with Gasteiger partial charge in [0.2, 0.25) is 0 Å². The molecule has 0 N–H and O–H groups in total. The fraction of sp³-hybridized carbons (Fsp3) is 1.00. The van der Waals surface area contributed by atoms with E-state index in [1.54, 1.807) is 0 Å². The third-order valence-electron chi connectivity index (χ3n) is 3.84. The van der Waals surface area contributed by atoms with E-state index in [4.69, 9.17) is 4.74 Å². The molecule has 2 aliphatic rings. The van der Waals surface area contributed by atoms with E-state index in [-0.39, 0.29) is 5.60 Å². The van der Waals surface area contributed by atoms with E-state index >= 15 is 0 Å². The highest BCUT2D eigenvalue weighted by molar-refractivity contribution is 4.99. The fourth-order valence-corrected chi connectivity index (χ4v) is 2.68. The van der Waals surface area contributed by atoms with E-state index in [0.717, 1.165) is 6.61 Å². The second kappa shape index (κ2) is 4.06. The molecule has 1 saturated heterocycles. The van der Waals surface area contributed by atoms with Gasteiger partial charge >= 0.3 is 0 Å². The van der Waals surface area contributed by atoms with Crippen LogP contribution in [0.2, 0.25) is 0 Å². The van der Waals surface area contributed by atoms with Crippen molar-refractivity contribution >= 4 is 0 Å². The molecule has 0 atom stereocenters. The minimum absolute atomic E-state index is 0.0162. The van der Waals surface area contributed by atoms with Gasteiger partial charge in [0.15, 0.2) is 0 Å². The largest absolute Gasteiger partial charge is 0.374 e. The number of ether oxygens (including phenoxy) is 1. The highest BCUT2D eigenvalue weighted by atomic mass is 16.5. The van der Waals surface area contributed by atoms with Gasteiger partial charge in [-0.15, -0.1) is 0 Å². The lowest BCUT2D eigenvalue weighted by atomic mass is 9.76. The van der Waals surface area contributed by atoms with Gasteiger partial charge in [0, 0.05) is 5.54 Å². The molecular weight excluding hydrogens is 186 g/mol. The minimum atomic E-state index is 0.0162. The maximum absolute atomic E-state index is 6.01. The molecule has 0 aromatic heterocycles. The van der Waals surface area contributed by atoms with Crippen LogP contribution in [0.5, 0.6) is 0 Å². The topological polar surface area (TPSA) is 12.5 Å². The Morgan fingerprint density at radius 2 is 1.67 bits per heavy atom. The Morgan fingerprint density at radius 3 is 2.07 bits per heavy atom. The van der Waals surface area contributed by atoms with E-state index < -0.39 is 0 Å². The summed E-state index contributed by atoms with van der Waals surface area (Å²) in [6.07, 6.45) is 6.87. The lowest BCUT2D eigenvalue weighted by molar-refractivity contribution is -0.0965. The molecule has 2 fully saturated rings. The van der Waals surface area contributed by atoms with Crippen molar-refractivity contribution in [2.24, 2.45) is 0 Å². The zero-order chi connectivity index (χ0) is 10.9. The number of nitrogens with zero attached hydrogens (tertiary/aromatic N) is 1. The van der Waals surface area contributed by atoms with Crippen molar-refractivity contribution in [2.45, 2.75) is 64.0 Å². The van der Waals surface area contributed by atoms with Crippen LogP contribution in [0.25, 0.3) is 0 Å². The molecule has 1 aliphatic heterocycles. The fourth-order valence-electron chi connectivity index (χ4n) is 2.68. The Morgan fingerprint density at radius 1 is 1.07 bits per heavy atom. The van der Waals surface area contributed by atoms with Gasteiger partial charge in [-0.25, -0.2) is 0 Å². The van der Waals surface area contributed by atoms with Crippen molar-refractivity contribution in [2.75, 3.05) is 19.7 Å². The summed E-state index contributed by atoms with van der Waals surface area (Å²) in [5.74, 6) is 0. The summed E-state index contributed by atoms with van der Waals surface area (Å²) in [6.45, 7) is 10.0. The molecule has 1 aliphatic carbocycles. The van der Waals surface area contributed by atoms with Crippen LogP contribution in [0.1, 0.15) is 52.9 Å². The number of rotatable bonds is 3. The molecule has 0 spiro atoms. The standard InChI is InChI=1S/C13H25NO/c1-12(2,3)15-11-13(7-6-8-13)14-9-4-5-10-14/h4-11H2,1-3H3. The smallest absolute Gasteiger partial charge is 0.0657 e.